The van der Waals surface area contributed by atoms with Crippen LogP contribution in [0.4, 0.5) is 17.1 Å². The van der Waals surface area contributed by atoms with Gasteiger partial charge in [0.15, 0.2) is 0 Å². The highest BCUT2D eigenvalue weighted by atomic mass is 16.1. The van der Waals surface area contributed by atoms with Crippen LogP contribution < -0.4 is 10.6 Å². The Labute approximate surface area is 154 Å². The molecule has 26 heavy (non-hydrogen) atoms. The number of pyridine rings is 1. The average Bonchev–Trinajstić information content (AvgIpc) is 2.58. The molecule has 0 radical (unpaired) electrons. The Morgan fingerprint density at radius 2 is 1.62 bits per heavy atom. The van der Waals surface area contributed by atoms with E-state index in [9.17, 15) is 4.79 Å². The fourth-order valence-electron chi connectivity index (χ4n) is 2.92. The number of carbonyl (C=O) groups is 1. The first-order valence-electron chi connectivity index (χ1n) is 8.60. The van der Waals surface area contributed by atoms with E-state index in [0.29, 0.717) is 5.56 Å². The Morgan fingerprint density at radius 1 is 0.885 bits per heavy atom. The molecule has 0 aliphatic carbocycles. The summed E-state index contributed by atoms with van der Waals surface area (Å²) in [4.78, 5) is 16.8. The van der Waals surface area contributed by atoms with Crippen LogP contribution in [0.25, 0.3) is 0 Å². The second kappa shape index (κ2) is 7.40. The van der Waals surface area contributed by atoms with Crippen molar-refractivity contribution in [3.63, 3.8) is 0 Å². The van der Waals surface area contributed by atoms with Crippen molar-refractivity contribution in [2.75, 3.05) is 10.6 Å². The maximum absolute atomic E-state index is 12.6. The lowest BCUT2D eigenvalue weighted by atomic mass is 10.1. The normalized spacial score (nSPS) is 10.5. The highest BCUT2D eigenvalue weighted by Gasteiger charge is 2.09. The summed E-state index contributed by atoms with van der Waals surface area (Å²) in [5.74, 6) is -0.174. The van der Waals surface area contributed by atoms with Gasteiger partial charge in [0.1, 0.15) is 0 Å². The van der Waals surface area contributed by atoms with E-state index in [-0.39, 0.29) is 5.91 Å². The van der Waals surface area contributed by atoms with Gasteiger partial charge < -0.3 is 10.6 Å². The second-order valence-corrected chi connectivity index (χ2v) is 6.67. The molecule has 0 aliphatic rings. The van der Waals surface area contributed by atoms with Gasteiger partial charge in [0.05, 0.1) is 17.4 Å². The Balaban J connectivity index is 1.80. The quantitative estimate of drug-likeness (QED) is 0.673. The smallest absolute Gasteiger partial charge is 0.257 e. The minimum absolute atomic E-state index is 0.174. The first-order chi connectivity index (χ1) is 12.4. The molecule has 0 aliphatic heterocycles. The molecular weight excluding hydrogens is 322 g/mol. The molecule has 1 amide bonds. The maximum atomic E-state index is 12.6. The van der Waals surface area contributed by atoms with Gasteiger partial charge in [-0.2, -0.15) is 0 Å². The minimum atomic E-state index is -0.174. The summed E-state index contributed by atoms with van der Waals surface area (Å²) in [6.45, 7) is 8.17. The van der Waals surface area contributed by atoms with Gasteiger partial charge in [-0.05, 0) is 74.2 Å². The lowest BCUT2D eigenvalue weighted by Gasteiger charge is -2.12. The van der Waals surface area contributed by atoms with Crippen molar-refractivity contribution in [3.05, 3.63) is 82.7 Å². The number of carbonyl (C=O) groups excluding carboxylic acids is 1. The van der Waals surface area contributed by atoms with Crippen molar-refractivity contribution >= 4 is 23.0 Å². The molecule has 4 heteroatoms. The molecule has 4 nitrogen and oxygen atoms in total. The highest BCUT2D eigenvalue weighted by molar-refractivity contribution is 6.04. The molecule has 0 saturated heterocycles. The average molecular weight is 345 g/mol. The van der Waals surface area contributed by atoms with Crippen LogP contribution in [0, 0.1) is 27.7 Å². The predicted molar refractivity (Wildman–Crippen MR) is 107 cm³/mol. The van der Waals surface area contributed by atoms with Gasteiger partial charge in [-0.3, -0.25) is 9.78 Å². The molecule has 3 rings (SSSR count). The van der Waals surface area contributed by atoms with Crippen LogP contribution in [-0.2, 0) is 0 Å². The number of rotatable bonds is 4. The molecule has 0 spiro atoms. The minimum Gasteiger partial charge on any atom is -0.354 e. The summed E-state index contributed by atoms with van der Waals surface area (Å²) in [5.41, 5.74) is 7.72. The summed E-state index contributed by atoms with van der Waals surface area (Å²) in [5, 5.41) is 6.29. The van der Waals surface area contributed by atoms with E-state index in [4.69, 9.17) is 0 Å². The standard InChI is InChI=1S/C22H23N3O/c1-14-8-15(2)10-19(9-14)25-22(26)18-11-20(13-23-12-18)24-21-7-5-6-16(3)17(21)4/h5-13,24H,1-4H3,(H,25,26). The zero-order valence-electron chi connectivity index (χ0n) is 15.6. The van der Waals surface area contributed by atoms with Crippen molar-refractivity contribution in [3.8, 4) is 0 Å². The molecule has 132 valence electrons. The van der Waals surface area contributed by atoms with Crippen molar-refractivity contribution < 1.29 is 4.79 Å². The van der Waals surface area contributed by atoms with Crippen LogP contribution in [0.5, 0.6) is 0 Å². The van der Waals surface area contributed by atoms with Crippen LogP contribution in [0.1, 0.15) is 32.6 Å². The Hall–Kier alpha value is -3.14. The van der Waals surface area contributed by atoms with Crippen LogP contribution >= 0.6 is 0 Å². The number of benzene rings is 2. The number of nitrogens with zero attached hydrogens (tertiary/aromatic N) is 1. The maximum Gasteiger partial charge on any atom is 0.257 e. The van der Waals surface area contributed by atoms with Gasteiger partial charge in [0.2, 0.25) is 0 Å². The SMILES string of the molecule is Cc1cc(C)cc(NC(=O)c2cncc(Nc3cccc(C)c3C)c2)c1. The van der Waals surface area contributed by atoms with Crippen LogP contribution in [0.3, 0.4) is 0 Å². The zero-order valence-corrected chi connectivity index (χ0v) is 15.6. The van der Waals surface area contributed by atoms with Crippen molar-refractivity contribution in [1.82, 2.24) is 4.98 Å². The Bertz CT molecular complexity index is 943. The molecule has 0 fully saturated rings. The largest absolute Gasteiger partial charge is 0.354 e. The van der Waals surface area contributed by atoms with Gasteiger partial charge in [-0.15, -0.1) is 0 Å². The fourth-order valence-corrected chi connectivity index (χ4v) is 2.92. The molecule has 0 bridgehead atoms. The number of hydrogen-bond acceptors (Lipinski definition) is 3. The summed E-state index contributed by atoms with van der Waals surface area (Å²) in [6.07, 6.45) is 3.29. The van der Waals surface area contributed by atoms with Gasteiger partial charge in [-0.25, -0.2) is 0 Å². The number of nitrogens with one attached hydrogen (secondary N) is 2. The number of aryl methyl sites for hydroxylation is 3. The van der Waals surface area contributed by atoms with Gasteiger partial charge in [0.25, 0.3) is 5.91 Å². The van der Waals surface area contributed by atoms with E-state index in [0.717, 1.165) is 28.2 Å². The summed E-state index contributed by atoms with van der Waals surface area (Å²) >= 11 is 0. The van der Waals surface area contributed by atoms with Crippen LogP contribution in [0.15, 0.2) is 54.9 Å². The molecular formula is C22H23N3O. The summed E-state index contributed by atoms with van der Waals surface area (Å²) in [6, 6.07) is 13.9. The Kier molecular flexibility index (Phi) is 5.03. The third-order valence-electron chi connectivity index (χ3n) is 4.36. The van der Waals surface area contributed by atoms with Gasteiger partial charge in [-0.1, -0.05) is 18.2 Å². The fraction of sp³-hybridized carbons (Fsp3) is 0.182. The molecule has 2 N–H and O–H groups in total. The molecule has 1 aromatic heterocycles. The molecule has 3 aromatic rings. The number of aromatic nitrogens is 1. The molecule has 2 aromatic carbocycles. The number of hydrogen-bond donors (Lipinski definition) is 2. The van der Waals surface area contributed by atoms with Gasteiger partial charge >= 0.3 is 0 Å². The molecule has 0 saturated carbocycles. The van der Waals surface area contributed by atoms with E-state index < -0.39 is 0 Å². The third-order valence-corrected chi connectivity index (χ3v) is 4.36. The lowest BCUT2D eigenvalue weighted by Crippen LogP contribution is -2.12. The van der Waals surface area contributed by atoms with Gasteiger partial charge in [0, 0.05) is 17.6 Å². The first kappa shape index (κ1) is 17.7. The van der Waals surface area contributed by atoms with E-state index in [1.807, 2.05) is 44.2 Å². The number of amides is 1. The zero-order chi connectivity index (χ0) is 18.7. The van der Waals surface area contributed by atoms with E-state index in [1.165, 1.54) is 11.1 Å². The van der Waals surface area contributed by atoms with Crippen LogP contribution in [0.2, 0.25) is 0 Å². The van der Waals surface area contributed by atoms with Crippen molar-refractivity contribution in [2.45, 2.75) is 27.7 Å². The summed E-state index contributed by atoms with van der Waals surface area (Å²) < 4.78 is 0. The predicted octanol–water partition coefficient (Wildman–Crippen LogP) is 5.31. The van der Waals surface area contributed by atoms with E-state index in [1.54, 1.807) is 12.4 Å². The Morgan fingerprint density at radius 3 is 2.35 bits per heavy atom. The van der Waals surface area contributed by atoms with E-state index in [2.05, 4.69) is 41.6 Å². The van der Waals surface area contributed by atoms with Crippen molar-refractivity contribution in [1.29, 1.82) is 0 Å². The third kappa shape index (κ3) is 4.09. The van der Waals surface area contributed by atoms with Crippen LogP contribution in [-0.4, -0.2) is 10.9 Å². The topological polar surface area (TPSA) is 54.0 Å². The van der Waals surface area contributed by atoms with Crippen molar-refractivity contribution in [2.24, 2.45) is 0 Å². The first-order valence-corrected chi connectivity index (χ1v) is 8.60. The lowest BCUT2D eigenvalue weighted by molar-refractivity contribution is 0.102. The monoisotopic (exact) mass is 345 g/mol. The second-order valence-electron chi connectivity index (χ2n) is 6.67. The van der Waals surface area contributed by atoms with E-state index >= 15 is 0 Å². The molecule has 0 atom stereocenters. The molecule has 0 unspecified atom stereocenters. The molecule has 1 heterocycles. The number of anilines is 3. The summed E-state index contributed by atoms with van der Waals surface area (Å²) in [7, 11) is 0. The highest BCUT2D eigenvalue weighted by Crippen LogP contribution is 2.23.